The summed E-state index contributed by atoms with van der Waals surface area (Å²) in [5, 5.41) is 11.8. The van der Waals surface area contributed by atoms with Crippen LogP contribution < -0.4 is 5.32 Å². The molecule has 0 fully saturated rings. The number of fused-ring (bicyclic) bond motifs is 2. The summed E-state index contributed by atoms with van der Waals surface area (Å²) in [6.45, 7) is 14.3. The van der Waals surface area contributed by atoms with Crippen molar-refractivity contribution in [2.45, 2.75) is 47.1 Å². The Bertz CT molecular complexity index is 949. The topological polar surface area (TPSA) is 75.2 Å². The molecule has 0 bridgehead atoms. The molecule has 0 saturated carbocycles. The lowest BCUT2D eigenvalue weighted by Gasteiger charge is -2.40. The van der Waals surface area contributed by atoms with Gasteiger partial charge in [0, 0.05) is 49.7 Å². The molecule has 0 saturated heterocycles. The van der Waals surface area contributed by atoms with Crippen molar-refractivity contribution in [2.24, 2.45) is 5.92 Å². The van der Waals surface area contributed by atoms with Crippen molar-refractivity contribution in [1.29, 1.82) is 5.26 Å². The minimum absolute atomic E-state index is 0.0445. The lowest BCUT2D eigenvalue weighted by molar-refractivity contribution is -0.134. The summed E-state index contributed by atoms with van der Waals surface area (Å²) in [5.41, 5.74) is 5.21. The molecule has 32 heavy (non-hydrogen) atoms. The monoisotopic (exact) mass is 437 g/mol. The van der Waals surface area contributed by atoms with Crippen molar-refractivity contribution in [3.8, 4) is 6.07 Å². The Balaban J connectivity index is 0.000000395. The molecule has 0 unspecified atom stereocenters. The van der Waals surface area contributed by atoms with E-state index >= 15 is 0 Å². The van der Waals surface area contributed by atoms with E-state index in [2.05, 4.69) is 80.4 Å². The number of nitriles is 1. The Hall–Kier alpha value is -2.62. The highest BCUT2D eigenvalue weighted by molar-refractivity contribution is 5.99. The number of aromatic nitrogens is 1. The van der Waals surface area contributed by atoms with E-state index in [1.165, 1.54) is 34.5 Å². The third-order valence-electron chi connectivity index (χ3n) is 6.16. The van der Waals surface area contributed by atoms with Crippen LogP contribution >= 0.6 is 0 Å². The van der Waals surface area contributed by atoms with Gasteiger partial charge in [0.15, 0.2) is 0 Å². The standard InChI is InChI=1S/C20H25N3O.C4H11N.C2H3N/c1-4-23(5-2)20(24)14-9-16-15-7-6-8-17-19(15)13(11-21-17)10-18(16)22(3)12-14;1-3-5-4-2;1-2-3/h6-9,11,14,18,21H,4-5,10,12H2,1-3H3;5H,3-4H2,1-2H3;1H3/t14-,18-;;/m1../s1. The number of H-pyrrole nitrogens is 1. The second-order valence-corrected chi connectivity index (χ2v) is 8.12. The van der Waals surface area contributed by atoms with Crippen LogP contribution in [0.1, 0.15) is 45.7 Å². The lowest BCUT2D eigenvalue weighted by Crippen LogP contribution is -2.47. The molecule has 2 aromatic rings. The van der Waals surface area contributed by atoms with E-state index < -0.39 is 0 Å². The van der Waals surface area contributed by atoms with Crippen LogP contribution in [0, 0.1) is 17.2 Å². The second kappa shape index (κ2) is 12.4. The maximum atomic E-state index is 12.9. The van der Waals surface area contributed by atoms with Crippen LogP contribution in [-0.4, -0.2) is 66.5 Å². The first-order valence-corrected chi connectivity index (χ1v) is 11.8. The summed E-state index contributed by atoms with van der Waals surface area (Å²) in [7, 11) is 2.15. The summed E-state index contributed by atoms with van der Waals surface area (Å²) < 4.78 is 0. The SMILES string of the molecule is CC#N.CCN(CC)C(=O)[C@@H]1C=C2c3cccc4[nH]cc(c34)C[C@H]2N(C)C1.CCNCC. The van der Waals surface area contributed by atoms with Gasteiger partial charge in [-0.25, -0.2) is 0 Å². The number of carbonyl (C=O) groups is 1. The third-order valence-corrected chi connectivity index (χ3v) is 6.16. The molecule has 1 aliphatic heterocycles. The predicted molar refractivity (Wildman–Crippen MR) is 133 cm³/mol. The fraction of sp³-hybridized carbons (Fsp3) is 0.538. The van der Waals surface area contributed by atoms with E-state index in [1.54, 1.807) is 6.07 Å². The Morgan fingerprint density at radius 1 is 1.25 bits per heavy atom. The summed E-state index contributed by atoms with van der Waals surface area (Å²) >= 11 is 0. The maximum Gasteiger partial charge on any atom is 0.230 e. The van der Waals surface area contributed by atoms with E-state index in [0.29, 0.717) is 6.04 Å². The highest BCUT2D eigenvalue weighted by Crippen LogP contribution is 2.40. The molecule has 1 amide bonds. The Morgan fingerprint density at radius 2 is 1.91 bits per heavy atom. The first-order chi connectivity index (χ1) is 15.5. The number of nitrogens with zero attached hydrogens (tertiary/aromatic N) is 3. The first kappa shape index (κ1) is 25.6. The average molecular weight is 438 g/mol. The smallest absolute Gasteiger partial charge is 0.230 e. The van der Waals surface area contributed by atoms with Crippen LogP contribution in [-0.2, 0) is 11.2 Å². The number of hydrogen-bond donors (Lipinski definition) is 2. The van der Waals surface area contributed by atoms with Crippen molar-refractivity contribution in [1.82, 2.24) is 20.1 Å². The summed E-state index contributed by atoms with van der Waals surface area (Å²) in [6, 6.07) is 8.57. The minimum atomic E-state index is -0.0445. The molecule has 174 valence electrons. The summed E-state index contributed by atoms with van der Waals surface area (Å²) in [5.74, 6) is 0.210. The highest BCUT2D eigenvalue weighted by atomic mass is 16.2. The van der Waals surface area contributed by atoms with E-state index in [-0.39, 0.29) is 11.8 Å². The van der Waals surface area contributed by atoms with Gasteiger partial charge in [-0.15, -0.1) is 0 Å². The van der Waals surface area contributed by atoms with Gasteiger partial charge in [0.2, 0.25) is 5.91 Å². The van der Waals surface area contributed by atoms with Crippen LogP contribution in [0.3, 0.4) is 0 Å². The molecule has 6 nitrogen and oxygen atoms in total. The van der Waals surface area contributed by atoms with Gasteiger partial charge < -0.3 is 15.2 Å². The highest BCUT2D eigenvalue weighted by Gasteiger charge is 2.36. The summed E-state index contributed by atoms with van der Waals surface area (Å²) in [4.78, 5) is 20.6. The largest absolute Gasteiger partial charge is 0.361 e. The number of benzene rings is 1. The number of hydrogen-bond acceptors (Lipinski definition) is 4. The average Bonchev–Trinajstić information content (AvgIpc) is 3.21. The van der Waals surface area contributed by atoms with Crippen molar-refractivity contribution >= 4 is 22.4 Å². The molecule has 2 heterocycles. The maximum absolute atomic E-state index is 12.9. The molecular formula is C26H39N5O. The van der Waals surface area contributed by atoms with E-state index in [1.807, 2.05) is 4.90 Å². The summed E-state index contributed by atoms with van der Waals surface area (Å²) in [6.07, 6.45) is 5.41. The van der Waals surface area contributed by atoms with Crippen molar-refractivity contribution in [2.75, 3.05) is 39.8 Å². The molecule has 0 spiro atoms. The van der Waals surface area contributed by atoms with E-state index in [0.717, 1.165) is 39.1 Å². The van der Waals surface area contributed by atoms with Crippen molar-refractivity contribution < 1.29 is 4.79 Å². The van der Waals surface area contributed by atoms with Crippen LogP contribution in [0.2, 0.25) is 0 Å². The van der Waals surface area contributed by atoms with Gasteiger partial charge in [-0.1, -0.05) is 32.1 Å². The molecule has 1 aromatic heterocycles. The van der Waals surface area contributed by atoms with Gasteiger partial charge in [-0.2, -0.15) is 5.26 Å². The molecule has 4 rings (SSSR count). The minimum Gasteiger partial charge on any atom is -0.361 e. The number of carbonyl (C=O) groups excluding carboxylic acids is 1. The lowest BCUT2D eigenvalue weighted by atomic mass is 9.79. The van der Waals surface area contributed by atoms with Crippen LogP contribution in [0.25, 0.3) is 16.5 Å². The molecule has 2 aliphatic rings. The van der Waals surface area contributed by atoms with Crippen molar-refractivity contribution in [3.63, 3.8) is 0 Å². The Labute approximate surface area is 193 Å². The van der Waals surface area contributed by atoms with Crippen LogP contribution in [0.4, 0.5) is 0 Å². The van der Waals surface area contributed by atoms with Gasteiger partial charge in [-0.05, 0) is 63.2 Å². The van der Waals surface area contributed by atoms with Gasteiger partial charge in [0.05, 0.1) is 12.0 Å². The number of amides is 1. The second-order valence-electron chi connectivity index (χ2n) is 8.12. The molecule has 1 aromatic carbocycles. The zero-order valence-corrected chi connectivity index (χ0v) is 20.5. The normalized spacial score (nSPS) is 18.8. The molecule has 2 atom stereocenters. The molecular weight excluding hydrogens is 398 g/mol. The van der Waals surface area contributed by atoms with Gasteiger partial charge in [0.1, 0.15) is 0 Å². The van der Waals surface area contributed by atoms with Gasteiger partial charge >= 0.3 is 0 Å². The fourth-order valence-electron chi connectivity index (χ4n) is 4.63. The number of aromatic amines is 1. The molecule has 6 heteroatoms. The zero-order valence-electron chi connectivity index (χ0n) is 20.5. The van der Waals surface area contributed by atoms with E-state index in [4.69, 9.17) is 5.26 Å². The molecule has 0 radical (unpaired) electrons. The molecule has 2 N–H and O–H groups in total. The number of nitrogens with one attached hydrogen (secondary N) is 2. The van der Waals surface area contributed by atoms with Crippen LogP contribution in [0.15, 0.2) is 30.5 Å². The van der Waals surface area contributed by atoms with E-state index in [9.17, 15) is 4.79 Å². The van der Waals surface area contributed by atoms with Gasteiger partial charge in [-0.3, -0.25) is 9.69 Å². The van der Waals surface area contributed by atoms with Gasteiger partial charge in [0.25, 0.3) is 0 Å². The molecule has 1 aliphatic carbocycles. The van der Waals surface area contributed by atoms with Crippen molar-refractivity contribution in [3.05, 3.63) is 41.6 Å². The zero-order chi connectivity index (χ0) is 23.7. The fourth-order valence-corrected chi connectivity index (χ4v) is 4.63. The quantitative estimate of drug-likeness (QED) is 0.740. The first-order valence-electron chi connectivity index (χ1n) is 11.8. The Morgan fingerprint density at radius 3 is 2.47 bits per heavy atom. The predicted octanol–water partition coefficient (Wildman–Crippen LogP) is 4.05. The van der Waals surface area contributed by atoms with Crippen LogP contribution in [0.5, 0.6) is 0 Å². The third kappa shape index (κ3) is 5.59. The Kier molecular flexibility index (Phi) is 9.96. The number of rotatable bonds is 5. The number of likely N-dealkylation sites (N-methyl/N-ethyl adjacent to an activating group) is 1.